The summed E-state index contributed by atoms with van der Waals surface area (Å²) < 4.78 is 6.17. The van der Waals surface area contributed by atoms with Crippen molar-refractivity contribution >= 4 is 5.91 Å². The second-order valence-corrected chi connectivity index (χ2v) is 8.00. The molecular weight excluding hydrogens is 386 g/mol. The van der Waals surface area contributed by atoms with Gasteiger partial charge in [-0.3, -0.25) is 14.7 Å². The van der Waals surface area contributed by atoms with Crippen LogP contribution in [-0.2, 0) is 24.5 Å². The summed E-state index contributed by atoms with van der Waals surface area (Å²) in [6.07, 6.45) is 4.14. The summed E-state index contributed by atoms with van der Waals surface area (Å²) in [5, 5.41) is 2.83. The molecule has 1 N–H and O–H groups in total. The van der Waals surface area contributed by atoms with Crippen LogP contribution in [0, 0.1) is 0 Å². The van der Waals surface area contributed by atoms with Crippen molar-refractivity contribution in [3.63, 3.8) is 0 Å². The van der Waals surface area contributed by atoms with Gasteiger partial charge in [0.1, 0.15) is 12.4 Å². The molecule has 5 nitrogen and oxygen atoms in total. The molecule has 5 heteroatoms. The molecule has 0 aliphatic carbocycles. The van der Waals surface area contributed by atoms with E-state index in [1.165, 1.54) is 30.0 Å². The predicted octanol–water partition coefficient (Wildman–Crippen LogP) is 4.63. The Labute approximate surface area is 184 Å². The first-order valence-corrected chi connectivity index (χ1v) is 10.9. The van der Waals surface area contributed by atoms with Crippen LogP contribution in [0.25, 0.3) is 0 Å². The summed E-state index contributed by atoms with van der Waals surface area (Å²) in [7, 11) is 0. The van der Waals surface area contributed by atoms with Gasteiger partial charge in [0.15, 0.2) is 0 Å². The number of amides is 1. The number of nitrogens with one attached hydrogen (secondary N) is 1. The lowest BCUT2D eigenvalue weighted by Crippen LogP contribution is -2.24. The van der Waals surface area contributed by atoms with Gasteiger partial charge in [-0.2, -0.15) is 0 Å². The lowest BCUT2D eigenvalue weighted by atomic mass is 10.0. The first-order valence-electron chi connectivity index (χ1n) is 10.9. The molecule has 160 valence electrons. The van der Waals surface area contributed by atoms with Gasteiger partial charge in [-0.1, -0.05) is 48.5 Å². The predicted molar refractivity (Wildman–Crippen MR) is 121 cm³/mol. The zero-order valence-corrected chi connectivity index (χ0v) is 18.0. The number of rotatable bonds is 8. The number of nitrogens with zero attached hydrogens (tertiary/aromatic N) is 2. The molecule has 1 fully saturated rings. The zero-order chi connectivity index (χ0) is 21.5. The summed E-state index contributed by atoms with van der Waals surface area (Å²) in [6.45, 7) is 4.46. The summed E-state index contributed by atoms with van der Waals surface area (Å²) >= 11 is 0. The van der Waals surface area contributed by atoms with Crippen molar-refractivity contribution in [2.45, 2.75) is 45.5 Å². The van der Waals surface area contributed by atoms with Gasteiger partial charge in [-0.15, -0.1) is 0 Å². The molecular formula is C26H29N3O2. The van der Waals surface area contributed by atoms with E-state index in [0.717, 1.165) is 31.0 Å². The van der Waals surface area contributed by atoms with Crippen molar-refractivity contribution in [3.8, 4) is 5.75 Å². The molecule has 1 saturated heterocycles. The van der Waals surface area contributed by atoms with Crippen LogP contribution in [0.2, 0.25) is 0 Å². The fraction of sp³-hybridized carbons (Fsp3) is 0.308. The quantitative estimate of drug-likeness (QED) is 0.583. The van der Waals surface area contributed by atoms with Crippen LogP contribution < -0.4 is 10.1 Å². The average Bonchev–Trinajstić information content (AvgIpc) is 3.26. The third-order valence-corrected chi connectivity index (χ3v) is 5.69. The third kappa shape index (κ3) is 5.70. The van der Waals surface area contributed by atoms with Crippen LogP contribution in [0.3, 0.4) is 0 Å². The molecule has 0 saturated carbocycles. The normalized spacial score (nSPS) is 16.2. The number of hydrogen-bond acceptors (Lipinski definition) is 4. The van der Waals surface area contributed by atoms with Gasteiger partial charge in [0.05, 0.1) is 12.2 Å². The summed E-state index contributed by atoms with van der Waals surface area (Å²) in [5.74, 6) is 0.903. The zero-order valence-electron chi connectivity index (χ0n) is 18.0. The molecule has 1 atom stereocenters. The van der Waals surface area contributed by atoms with Crippen LogP contribution >= 0.6 is 0 Å². The van der Waals surface area contributed by atoms with Crippen LogP contribution in [0.4, 0.5) is 0 Å². The maximum atomic E-state index is 11.2. The number of carbonyl (C=O) groups is 1. The van der Waals surface area contributed by atoms with Crippen molar-refractivity contribution in [1.82, 2.24) is 15.2 Å². The van der Waals surface area contributed by atoms with Crippen molar-refractivity contribution in [2.75, 3.05) is 6.54 Å². The second kappa shape index (κ2) is 10.2. The van der Waals surface area contributed by atoms with Gasteiger partial charge in [0.2, 0.25) is 5.91 Å². The van der Waals surface area contributed by atoms with E-state index in [1.54, 1.807) is 0 Å². The molecule has 1 aliphatic heterocycles. The van der Waals surface area contributed by atoms with Crippen LogP contribution in [0.15, 0.2) is 72.9 Å². The van der Waals surface area contributed by atoms with Crippen LogP contribution in [0.1, 0.15) is 48.2 Å². The molecule has 1 aliphatic rings. The lowest BCUT2D eigenvalue weighted by molar-refractivity contribution is -0.119. The highest BCUT2D eigenvalue weighted by molar-refractivity contribution is 5.72. The van der Waals surface area contributed by atoms with Gasteiger partial charge in [-0.05, 0) is 48.7 Å². The fourth-order valence-electron chi connectivity index (χ4n) is 4.14. The van der Waals surface area contributed by atoms with E-state index in [-0.39, 0.29) is 5.91 Å². The van der Waals surface area contributed by atoms with Gasteiger partial charge in [0, 0.05) is 31.3 Å². The van der Waals surface area contributed by atoms with Gasteiger partial charge >= 0.3 is 0 Å². The number of carbonyl (C=O) groups excluding carboxylic acids is 1. The summed E-state index contributed by atoms with van der Waals surface area (Å²) in [6, 6.07) is 23.1. The molecule has 0 bridgehead atoms. The van der Waals surface area contributed by atoms with Crippen molar-refractivity contribution in [3.05, 3.63) is 95.3 Å². The highest BCUT2D eigenvalue weighted by Crippen LogP contribution is 2.34. The fourth-order valence-corrected chi connectivity index (χ4v) is 4.14. The van der Waals surface area contributed by atoms with E-state index in [9.17, 15) is 4.79 Å². The molecule has 0 spiro atoms. The Bertz CT molecular complexity index is 1010. The number of ether oxygens (including phenoxy) is 1. The Hall–Kier alpha value is -3.18. The second-order valence-electron chi connectivity index (χ2n) is 8.00. The molecule has 2 aromatic carbocycles. The topological polar surface area (TPSA) is 54.5 Å². The molecule has 0 unspecified atom stereocenters. The minimum Gasteiger partial charge on any atom is -0.489 e. The maximum absolute atomic E-state index is 11.2. The smallest absolute Gasteiger partial charge is 0.217 e. The number of pyridine rings is 1. The molecule has 0 radical (unpaired) electrons. The van der Waals surface area contributed by atoms with Crippen LogP contribution in [0.5, 0.6) is 5.75 Å². The number of hydrogen-bond donors (Lipinski definition) is 1. The van der Waals surface area contributed by atoms with Gasteiger partial charge < -0.3 is 10.1 Å². The number of benzene rings is 2. The lowest BCUT2D eigenvalue weighted by Gasteiger charge is -2.26. The molecule has 3 aromatic rings. The summed E-state index contributed by atoms with van der Waals surface area (Å²) in [4.78, 5) is 18.2. The Morgan fingerprint density at radius 3 is 2.77 bits per heavy atom. The Morgan fingerprint density at radius 1 is 1.13 bits per heavy atom. The largest absolute Gasteiger partial charge is 0.489 e. The van der Waals surface area contributed by atoms with E-state index in [1.807, 2.05) is 30.5 Å². The van der Waals surface area contributed by atoms with Crippen molar-refractivity contribution < 1.29 is 9.53 Å². The third-order valence-electron chi connectivity index (χ3n) is 5.69. The average molecular weight is 416 g/mol. The Kier molecular flexibility index (Phi) is 6.95. The minimum atomic E-state index is -0.0400. The number of para-hydroxylation sites is 1. The molecule has 1 aromatic heterocycles. The first kappa shape index (κ1) is 21.1. The Balaban J connectivity index is 1.46. The molecule has 1 amide bonds. The summed E-state index contributed by atoms with van der Waals surface area (Å²) in [5.41, 5.74) is 4.53. The van der Waals surface area contributed by atoms with E-state index in [4.69, 9.17) is 4.74 Å². The number of likely N-dealkylation sites (tertiary alicyclic amines) is 1. The SMILES string of the molecule is CC(=O)NCc1cc([C@@H]2CCCN2Cc2ccccc2OCc2ccccc2)ccn1. The van der Waals surface area contributed by atoms with Crippen molar-refractivity contribution in [2.24, 2.45) is 0 Å². The van der Waals surface area contributed by atoms with Crippen LogP contribution in [-0.4, -0.2) is 22.3 Å². The molecule has 31 heavy (non-hydrogen) atoms. The van der Waals surface area contributed by atoms with E-state index in [0.29, 0.717) is 19.2 Å². The highest BCUT2D eigenvalue weighted by atomic mass is 16.5. The maximum Gasteiger partial charge on any atom is 0.217 e. The Morgan fingerprint density at radius 2 is 1.94 bits per heavy atom. The highest BCUT2D eigenvalue weighted by Gasteiger charge is 2.27. The standard InChI is InChI=1S/C26H29N3O2/c1-20(30)28-17-24-16-22(13-14-27-24)25-11-7-15-29(25)18-23-10-5-6-12-26(23)31-19-21-8-3-2-4-9-21/h2-6,8-10,12-14,16,25H,7,11,15,17-19H2,1H3,(H,28,30)/t25-/m0/s1. The van der Waals surface area contributed by atoms with Gasteiger partial charge in [0.25, 0.3) is 0 Å². The van der Waals surface area contributed by atoms with Crippen molar-refractivity contribution in [1.29, 1.82) is 0 Å². The number of aromatic nitrogens is 1. The van der Waals surface area contributed by atoms with E-state index >= 15 is 0 Å². The van der Waals surface area contributed by atoms with E-state index < -0.39 is 0 Å². The molecule has 4 rings (SSSR count). The molecule has 2 heterocycles. The van der Waals surface area contributed by atoms with E-state index in [2.05, 4.69) is 57.7 Å². The van der Waals surface area contributed by atoms with Gasteiger partial charge in [-0.25, -0.2) is 0 Å². The first-order chi connectivity index (χ1) is 15.2. The monoisotopic (exact) mass is 415 g/mol. The minimum absolute atomic E-state index is 0.0400.